The Kier molecular flexibility index (Phi) is 8.31. The minimum absolute atomic E-state index is 0.412. The van der Waals surface area contributed by atoms with E-state index in [1.165, 1.54) is 38.0 Å². The fourth-order valence-corrected chi connectivity index (χ4v) is 13.8. The number of hydrogen-bond donors (Lipinski definition) is 0. The van der Waals surface area contributed by atoms with Crippen LogP contribution in [0.25, 0.3) is 0 Å². The molecule has 0 radical (unpaired) electrons. The summed E-state index contributed by atoms with van der Waals surface area (Å²) in [5.74, 6) is 2.19. The van der Waals surface area contributed by atoms with Crippen molar-refractivity contribution in [3.63, 3.8) is 0 Å². The summed E-state index contributed by atoms with van der Waals surface area (Å²) in [5, 5.41) is 6.17. The molecule has 4 aromatic carbocycles. The van der Waals surface area contributed by atoms with Crippen LogP contribution >= 0.6 is 15.8 Å². The second kappa shape index (κ2) is 11.9. The molecule has 2 heteroatoms. The van der Waals surface area contributed by atoms with Crippen molar-refractivity contribution in [2.24, 2.45) is 28.6 Å². The maximum atomic E-state index is 2.67. The number of rotatable bonds is 9. The Morgan fingerprint density at radius 1 is 0.525 bits per heavy atom. The maximum Gasteiger partial charge on any atom is -0.0195 e. The summed E-state index contributed by atoms with van der Waals surface area (Å²) in [7, 11) is -0.829. The van der Waals surface area contributed by atoms with E-state index >= 15 is 0 Å². The van der Waals surface area contributed by atoms with Crippen molar-refractivity contribution in [1.29, 1.82) is 0 Å². The van der Waals surface area contributed by atoms with Crippen molar-refractivity contribution in [1.82, 2.24) is 0 Å². The van der Waals surface area contributed by atoms with Gasteiger partial charge in [-0.1, -0.05) is 142 Å². The predicted octanol–water partition coefficient (Wildman–Crippen LogP) is 8.72. The van der Waals surface area contributed by atoms with Gasteiger partial charge in [0, 0.05) is 0 Å². The highest BCUT2D eigenvalue weighted by molar-refractivity contribution is 7.73. The Bertz CT molecular complexity index is 1260. The first-order chi connectivity index (χ1) is 19.5. The lowest BCUT2D eigenvalue weighted by molar-refractivity contribution is -0.118. The van der Waals surface area contributed by atoms with Crippen LogP contribution in [0, 0.1) is 28.6 Å². The van der Waals surface area contributed by atoms with Gasteiger partial charge in [0.25, 0.3) is 0 Å². The van der Waals surface area contributed by atoms with Gasteiger partial charge in [-0.15, -0.1) is 0 Å². The molecule has 2 unspecified atom stereocenters. The average Bonchev–Trinajstić information content (AvgIpc) is 3.01. The van der Waals surface area contributed by atoms with Crippen LogP contribution in [0.1, 0.15) is 46.5 Å². The molecule has 7 rings (SSSR count). The monoisotopic (exact) mass is 562 g/mol. The van der Waals surface area contributed by atoms with Crippen LogP contribution in [0.15, 0.2) is 121 Å². The molecule has 2 atom stereocenters. The summed E-state index contributed by atoms with van der Waals surface area (Å²) in [6, 6.07) is 45.9. The van der Waals surface area contributed by atoms with E-state index in [1.54, 1.807) is 21.2 Å². The third-order valence-corrected chi connectivity index (χ3v) is 15.8. The molecule has 3 aliphatic rings. The second-order valence-electron chi connectivity index (χ2n) is 12.8. The lowest BCUT2D eigenvalue weighted by Gasteiger charge is -2.64. The first kappa shape index (κ1) is 27.9. The van der Waals surface area contributed by atoms with E-state index in [2.05, 4.69) is 142 Å². The molecule has 3 fully saturated rings. The van der Waals surface area contributed by atoms with E-state index < -0.39 is 15.8 Å². The summed E-state index contributed by atoms with van der Waals surface area (Å²) in [6.07, 6.45) is 8.23. The molecule has 0 aromatic heterocycles. The van der Waals surface area contributed by atoms with Gasteiger partial charge in [-0.2, -0.15) is 0 Å². The average molecular weight is 563 g/mol. The highest BCUT2D eigenvalue weighted by atomic mass is 31.1. The van der Waals surface area contributed by atoms with Gasteiger partial charge in [-0.05, 0) is 104 Å². The topological polar surface area (TPSA) is 0 Å². The number of fused-ring (bicyclic) bond motifs is 3. The highest BCUT2D eigenvalue weighted by Gasteiger charge is 2.59. The van der Waals surface area contributed by atoms with Crippen molar-refractivity contribution >= 4 is 37.1 Å². The molecule has 0 spiro atoms. The summed E-state index contributed by atoms with van der Waals surface area (Å²) >= 11 is 0. The van der Waals surface area contributed by atoms with E-state index in [9.17, 15) is 0 Å². The number of benzene rings is 4. The van der Waals surface area contributed by atoms with Crippen molar-refractivity contribution in [2.75, 3.05) is 12.3 Å². The van der Waals surface area contributed by atoms with Gasteiger partial charge in [-0.25, -0.2) is 0 Å². The van der Waals surface area contributed by atoms with Gasteiger partial charge < -0.3 is 0 Å². The summed E-state index contributed by atoms with van der Waals surface area (Å²) < 4.78 is 0. The zero-order chi connectivity index (χ0) is 27.6. The molecule has 206 valence electrons. The molecule has 0 nitrogen and oxygen atoms in total. The SMILES string of the molecule is CC(C)C12CCC(C)(CC1)C(CP(c1ccccc1)c1ccccc1)C2CP(c1ccccc1)c1ccccc1. The molecule has 4 aromatic rings. The molecule has 3 saturated carbocycles. The van der Waals surface area contributed by atoms with E-state index in [-0.39, 0.29) is 0 Å². The quantitative estimate of drug-likeness (QED) is 0.179. The van der Waals surface area contributed by atoms with Gasteiger partial charge in [0.15, 0.2) is 0 Å². The maximum absolute atomic E-state index is 2.67. The smallest absolute Gasteiger partial charge is 0.0195 e. The zero-order valence-corrected chi connectivity index (χ0v) is 26.2. The Balaban J connectivity index is 1.45. The molecule has 40 heavy (non-hydrogen) atoms. The summed E-state index contributed by atoms with van der Waals surface area (Å²) in [6.45, 7) is 7.76. The van der Waals surface area contributed by atoms with Gasteiger partial charge in [0.1, 0.15) is 0 Å². The zero-order valence-electron chi connectivity index (χ0n) is 24.4. The van der Waals surface area contributed by atoms with E-state index in [0.717, 1.165) is 11.8 Å². The Morgan fingerprint density at radius 3 is 1.18 bits per heavy atom. The first-order valence-electron chi connectivity index (χ1n) is 15.3. The van der Waals surface area contributed by atoms with E-state index in [0.29, 0.717) is 16.7 Å². The van der Waals surface area contributed by atoms with Crippen LogP contribution in [0.3, 0.4) is 0 Å². The van der Waals surface area contributed by atoms with Crippen molar-refractivity contribution in [3.8, 4) is 0 Å². The van der Waals surface area contributed by atoms with Crippen molar-refractivity contribution in [3.05, 3.63) is 121 Å². The van der Waals surface area contributed by atoms with Gasteiger partial charge in [-0.3, -0.25) is 0 Å². The normalized spacial score (nSPS) is 26.1. The lowest BCUT2D eigenvalue weighted by Crippen LogP contribution is -2.58. The van der Waals surface area contributed by atoms with Gasteiger partial charge in [0.2, 0.25) is 0 Å². The van der Waals surface area contributed by atoms with Crippen LogP contribution in [0.5, 0.6) is 0 Å². The van der Waals surface area contributed by atoms with Gasteiger partial charge in [0.05, 0.1) is 0 Å². The third-order valence-electron chi connectivity index (χ3n) is 10.6. The lowest BCUT2D eigenvalue weighted by atomic mass is 9.43. The molecule has 2 bridgehead atoms. The summed E-state index contributed by atoms with van der Waals surface area (Å²) in [4.78, 5) is 0. The molecule has 0 N–H and O–H groups in total. The largest absolute Gasteiger partial charge is 0.0622 e. The minimum Gasteiger partial charge on any atom is -0.0622 e. The Labute approximate surface area is 245 Å². The summed E-state index contributed by atoms with van der Waals surface area (Å²) in [5.41, 5.74) is 0.876. The molecule has 0 saturated heterocycles. The minimum atomic E-state index is -0.417. The van der Waals surface area contributed by atoms with Crippen LogP contribution in [-0.2, 0) is 0 Å². The third kappa shape index (κ3) is 5.36. The van der Waals surface area contributed by atoms with Crippen molar-refractivity contribution < 1.29 is 0 Å². The molecule has 0 heterocycles. The number of hydrogen-bond acceptors (Lipinski definition) is 0. The van der Waals surface area contributed by atoms with Crippen LogP contribution < -0.4 is 21.2 Å². The highest BCUT2D eigenvalue weighted by Crippen LogP contribution is 2.68. The standard InChI is InChI=1S/C38H44P2/c1-30(2)38-26-24-37(3,25-27-38)35(28-39(31-16-8-4-9-17-31)32-18-10-5-11-19-32)36(38)29-40(33-20-12-6-13-21-33)34-22-14-7-15-23-34/h4-23,30,35-36H,24-29H2,1-3H3. The molecule has 0 aliphatic heterocycles. The molecular formula is C38H44P2. The second-order valence-corrected chi connectivity index (χ2v) is 17.3. The van der Waals surface area contributed by atoms with Crippen LogP contribution in [0.2, 0.25) is 0 Å². The molecule has 0 amide bonds. The predicted molar refractivity (Wildman–Crippen MR) is 179 cm³/mol. The van der Waals surface area contributed by atoms with Gasteiger partial charge >= 0.3 is 0 Å². The van der Waals surface area contributed by atoms with Crippen LogP contribution in [0.4, 0.5) is 0 Å². The molecular weight excluding hydrogens is 518 g/mol. The first-order valence-corrected chi connectivity index (χ1v) is 18.3. The van der Waals surface area contributed by atoms with Crippen molar-refractivity contribution in [2.45, 2.75) is 46.5 Å². The Morgan fingerprint density at radius 2 is 0.850 bits per heavy atom. The molecule has 3 aliphatic carbocycles. The fraction of sp³-hybridized carbons (Fsp3) is 0.368. The van der Waals surface area contributed by atoms with E-state index in [1.807, 2.05) is 0 Å². The van der Waals surface area contributed by atoms with E-state index in [4.69, 9.17) is 0 Å². The fourth-order valence-electron chi connectivity index (χ4n) is 8.12. The Hall–Kier alpha value is -2.26. The van der Waals surface area contributed by atoms with Crippen LogP contribution in [-0.4, -0.2) is 12.3 Å².